The molecule has 308 valence electrons. The van der Waals surface area contributed by atoms with Crippen molar-refractivity contribution in [1.29, 1.82) is 5.26 Å². The quantitative estimate of drug-likeness (QED) is 0.200. The van der Waals surface area contributed by atoms with Gasteiger partial charge in [0.1, 0.15) is 5.75 Å². The SMILES string of the molecule is CC(C)n1ccc(S(=O)(=O)NC(=O)Nc2c3c(cc4c2CCC4)CCC3)cc1=O.CC(C)n1ccc(S(N)(=O)=O)cc1=O.N#COc1c2c(cc3c1CCC3)CCC2. The van der Waals surface area contributed by atoms with Crippen LogP contribution in [0, 0.1) is 11.5 Å². The average molecular weight is 831 g/mol. The second-order valence-electron chi connectivity index (χ2n) is 15.6. The van der Waals surface area contributed by atoms with Gasteiger partial charge >= 0.3 is 6.03 Å². The number of anilines is 1. The molecule has 0 saturated carbocycles. The zero-order valence-electron chi connectivity index (χ0n) is 33.3. The summed E-state index contributed by atoms with van der Waals surface area (Å²) in [7, 11) is -7.93. The number of nitrogens with one attached hydrogen (secondary N) is 2. The van der Waals surface area contributed by atoms with Gasteiger partial charge in [0, 0.05) is 42.3 Å². The highest BCUT2D eigenvalue weighted by molar-refractivity contribution is 7.90. The van der Waals surface area contributed by atoms with E-state index in [1.54, 1.807) is 0 Å². The third kappa shape index (κ3) is 9.22. The van der Waals surface area contributed by atoms with Gasteiger partial charge < -0.3 is 19.2 Å². The van der Waals surface area contributed by atoms with E-state index in [2.05, 4.69) is 22.2 Å². The number of rotatable bonds is 7. The van der Waals surface area contributed by atoms with Crippen LogP contribution in [0.15, 0.2) is 68.2 Å². The van der Waals surface area contributed by atoms with Gasteiger partial charge in [0.25, 0.3) is 27.4 Å². The van der Waals surface area contributed by atoms with Crippen LogP contribution in [-0.4, -0.2) is 32.0 Å². The molecule has 0 saturated heterocycles. The van der Waals surface area contributed by atoms with Crippen LogP contribution >= 0.6 is 0 Å². The number of carbonyl (C=O) groups excluding carboxylic acids is 1. The monoisotopic (exact) mass is 830 g/mol. The van der Waals surface area contributed by atoms with Gasteiger partial charge in [-0.05, 0) is 161 Å². The molecule has 0 atom stereocenters. The van der Waals surface area contributed by atoms with E-state index in [-0.39, 0.29) is 27.4 Å². The first-order valence-corrected chi connectivity index (χ1v) is 22.7. The summed E-state index contributed by atoms with van der Waals surface area (Å²) in [5, 5.41) is 16.4. The fourth-order valence-electron chi connectivity index (χ4n) is 8.36. The van der Waals surface area contributed by atoms with Crippen LogP contribution in [0.25, 0.3) is 0 Å². The van der Waals surface area contributed by atoms with Crippen molar-refractivity contribution in [2.24, 2.45) is 5.14 Å². The van der Waals surface area contributed by atoms with Gasteiger partial charge in [-0.3, -0.25) is 9.59 Å². The number of urea groups is 1. The molecule has 4 aromatic rings. The van der Waals surface area contributed by atoms with Crippen molar-refractivity contribution in [1.82, 2.24) is 13.9 Å². The predicted molar refractivity (Wildman–Crippen MR) is 220 cm³/mol. The Bertz CT molecular complexity index is 2580. The molecular formula is C42H50N6O8S2. The molecule has 4 aliphatic rings. The highest BCUT2D eigenvalue weighted by atomic mass is 32.2. The predicted octanol–water partition coefficient (Wildman–Crippen LogP) is 5.52. The number of aryl methyl sites for hydroxylation is 4. The Morgan fingerprint density at radius 1 is 0.690 bits per heavy atom. The Hall–Kier alpha value is -5.24. The number of hydrogen-bond donors (Lipinski definition) is 3. The van der Waals surface area contributed by atoms with Crippen molar-refractivity contribution < 1.29 is 26.4 Å². The van der Waals surface area contributed by atoms with Gasteiger partial charge in [0.15, 0.2) is 0 Å². The molecule has 4 aliphatic carbocycles. The molecule has 16 heteroatoms. The van der Waals surface area contributed by atoms with E-state index in [4.69, 9.17) is 15.1 Å². The Balaban J connectivity index is 0.000000164. The molecule has 58 heavy (non-hydrogen) atoms. The number of nitrogens with two attached hydrogens (primary N) is 1. The number of fused-ring (bicyclic) bond motifs is 4. The first-order chi connectivity index (χ1) is 27.5. The third-order valence-corrected chi connectivity index (χ3v) is 13.3. The number of amides is 2. The van der Waals surface area contributed by atoms with E-state index >= 15 is 0 Å². The number of sulfonamides is 2. The maximum Gasteiger partial charge on any atom is 0.333 e. The lowest BCUT2D eigenvalue weighted by Gasteiger charge is -2.17. The minimum absolute atomic E-state index is 0.00275. The molecule has 0 unspecified atom stereocenters. The molecule has 0 radical (unpaired) electrons. The smallest absolute Gasteiger partial charge is 0.333 e. The highest BCUT2D eigenvalue weighted by Crippen LogP contribution is 2.40. The van der Waals surface area contributed by atoms with Crippen molar-refractivity contribution in [3.63, 3.8) is 0 Å². The summed E-state index contributed by atoms with van der Waals surface area (Å²) in [6.45, 7) is 7.33. The summed E-state index contributed by atoms with van der Waals surface area (Å²) in [6, 6.07) is 8.40. The Morgan fingerprint density at radius 2 is 1.10 bits per heavy atom. The average Bonchev–Trinajstić information content (AvgIpc) is 3.99. The van der Waals surface area contributed by atoms with Crippen LogP contribution in [0.2, 0.25) is 0 Å². The number of pyridine rings is 2. The second-order valence-corrected chi connectivity index (χ2v) is 18.9. The fraction of sp³-hybridized carbons (Fsp3) is 0.429. The molecule has 0 spiro atoms. The molecule has 14 nitrogen and oxygen atoms in total. The van der Waals surface area contributed by atoms with E-state index in [0.29, 0.717) is 0 Å². The molecule has 2 aromatic carbocycles. The summed E-state index contributed by atoms with van der Waals surface area (Å²) in [4.78, 5) is 35.7. The molecule has 2 amide bonds. The van der Waals surface area contributed by atoms with Crippen LogP contribution in [0.1, 0.15) is 110 Å². The zero-order valence-corrected chi connectivity index (χ0v) is 34.9. The lowest BCUT2D eigenvalue weighted by molar-refractivity contribution is 0.256. The van der Waals surface area contributed by atoms with Gasteiger partial charge in [0.2, 0.25) is 10.0 Å². The van der Waals surface area contributed by atoms with Gasteiger partial charge in [-0.25, -0.2) is 31.5 Å². The van der Waals surface area contributed by atoms with Crippen molar-refractivity contribution in [3.05, 3.63) is 114 Å². The molecule has 2 heterocycles. The van der Waals surface area contributed by atoms with Gasteiger partial charge in [-0.1, -0.05) is 12.1 Å². The lowest BCUT2D eigenvalue weighted by atomic mass is 9.99. The highest BCUT2D eigenvalue weighted by Gasteiger charge is 2.27. The number of aromatic nitrogens is 2. The largest absolute Gasteiger partial charge is 0.387 e. The Labute approximate surface area is 339 Å². The number of nitrogens with zero attached hydrogens (tertiary/aromatic N) is 3. The van der Waals surface area contributed by atoms with Gasteiger partial charge in [-0.2, -0.15) is 0 Å². The molecule has 0 fully saturated rings. The van der Waals surface area contributed by atoms with Crippen LogP contribution in [0.3, 0.4) is 0 Å². The number of benzene rings is 2. The zero-order chi connectivity index (χ0) is 41.9. The molecular weight excluding hydrogens is 781 g/mol. The lowest BCUT2D eigenvalue weighted by Crippen LogP contribution is -2.35. The first kappa shape index (κ1) is 42.4. The summed E-state index contributed by atoms with van der Waals surface area (Å²) >= 11 is 0. The second kappa shape index (κ2) is 17.3. The summed E-state index contributed by atoms with van der Waals surface area (Å²) < 4.78 is 57.1. The number of primary sulfonamides is 1. The van der Waals surface area contributed by atoms with E-state index in [1.165, 1.54) is 79.9 Å². The van der Waals surface area contributed by atoms with Crippen molar-refractivity contribution in [3.8, 4) is 12.0 Å². The topological polar surface area (TPSA) is 212 Å². The van der Waals surface area contributed by atoms with Crippen molar-refractivity contribution >= 4 is 31.8 Å². The fourth-order valence-corrected chi connectivity index (χ4v) is 9.78. The first-order valence-electron chi connectivity index (χ1n) is 19.7. The van der Waals surface area contributed by atoms with Crippen LogP contribution in [0.4, 0.5) is 10.5 Å². The standard InChI is InChI=1S/C21H25N3O4S.C13H13NO.C8H12N2O3S/c1-13(2)24-10-9-16(12-19(24)25)29(27,28)23-21(26)22-20-17-7-3-5-14(17)11-15-6-4-8-18(15)20;14-8-15-13-11-5-1-3-9(11)7-10-4-2-6-12(10)13;1-6(2)10-4-3-7(5-8(10)11)14(9,12)13/h9-13H,3-8H2,1-2H3,(H2,22,23,26);7H,1-6H2;3-6H,1-2H3,(H2,9,12,13). The van der Waals surface area contributed by atoms with Crippen molar-refractivity contribution in [2.45, 2.75) is 127 Å². The van der Waals surface area contributed by atoms with Gasteiger partial charge in [0.05, 0.1) is 9.79 Å². The van der Waals surface area contributed by atoms with Crippen LogP contribution < -0.4 is 31.0 Å². The van der Waals surface area contributed by atoms with Crippen molar-refractivity contribution in [2.75, 3.05) is 5.32 Å². The Kier molecular flexibility index (Phi) is 12.6. The molecule has 2 aromatic heterocycles. The third-order valence-electron chi connectivity index (χ3n) is 11.1. The summed E-state index contributed by atoms with van der Waals surface area (Å²) in [5.74, 6) is 0.903. The molecule has 8 rings (SSSR count). The van der Waals surface area contributed by atoms with E-state index in [0.717, 1.165) is 98.9 Å². The molecule has 0 aliphatic heterocycles. The number of nitriles is 1. The van der Waals surface area contributed by atoms with Crippen LogP contribution in [0.5, 0.6) is 5.75 Å². The maximum absolute atomic E-state index is 12.6. The summed E-state index contributed by atoms with van der Waals surface area (Å²) in [5.41, 5.74) is 10.2. The van der Waals surface area contributed by atoms with E-state index in [1.807, 2.05) is 34.0 Å². The van der Waals surface area contributed by atoms with E-state index in [9.17, 15) is 31.2 Å². The molecule has 4 N–H and O–H groups in total. The van der Waals surface area contributed by atoms with Crippen LogP contribution in [-0.2, 0) is 71.4 Å². The number of hydrogen-bond acceptors (Lipinski definition) is 9. The normalized spacial score (nSPS) is 14.9. The van der Waals surface area contributed by atoms with E-state index < -0.39 is 31.6 Å². The minimum Gasteiger partial charge on any atom is -0.387 e. The number of carbonyl (C=O) groups is 1. The number of ether oxygens (including phenoxy) is 1. The summed E-state index contributed by atoms with van der Waals surface area (Å²) in [6.07, 6.45) is 17.4. The Morgan fingerprint density at radius 3 is 1.52 bits per heavy atom. The maximum atomic E-state index is 12.6. The molecule has 0 bridgehead atoms. The minimum atomic E-state index is -4.15. The van der Waals surface area contributed by atoms with Gasteiger partial charge in [-0.15, -0.1) is 5.26 Å².